The van der Waals surface area contributed by atoms with Crippen molar-refractivity contribution >= 4 is 77.7 Å². The van der Waals surface area contributed by atoms with Crippen LogP contribution in [-0.4, -0.2) is 14.2 Å². The summed E-state index contributed by atoms with van der Waals surface area (Å²) in [5.74, 6) is 1.64. The van der Waals surface area contributed by atoms with Crippen molar-refractivity contribution in [3.05, 3.63) is 52.9 Å². The molecule has 0 radical (unpaired) electrons. The maximum absolute atomic E-state index is 5.84. The molecule has 0 saturated heterocycles. The number of methoxy groups -OCH3 is 2. The lowest BCUT2D eigenvalue weighted by Crippen LogP contribution is -1.86. The van der Waals surface area contributed by atoms with Crippen LogP contribution in [0.2, 0.25) is 10.0 Å². The highest BCUT2D eigenvalue weighted by Crippen LogP contribution is 2.31. The Morgan fingerprint density at radius 2 is 1.52 bits per heavy atom. The molecule has 0 spiro atoms. The van der Waals surface area contributed by atoms with Crippen LogP contribution in [0.3, 0.4) is 0 Å². The maximum atomic E-state index is 5.84. The quantitative estimate of drug-likeness (QED) is 0.292. The molecular weight excluding hydrogens is 558 g/mol. The minimum absolute atomic E-state index is 0.695. The fraction of sp³-hybridized carbons (Fsp3) is 0.143. The third-order valence-corrected chi connectivity index (χ3v) is 5.58. The second kappa shape index (κ2) is 9.45. The SMILES string of the molecule is COc1cc(Br)c(Cl)cc1I.COc1ccc(Cl)c(Br)c1. The van der Waals surface area contributed by atoms with Gasteiger partial charge in [0.2, 0.25) is 0 Å². The van der Waals surface area contributed by atoms with Crippen LogP contribution in [0, 0.1) is 3.57 Å². The van der Waals surface area contributed by atoms with Crippen molar-refractivity contribution in [2.75, 3.05) is 14.2 Å². The summed E-state index contributed by atoms with van der Waals surface area (Å²) in [6.07, 6.45) is 0. The molecule has 0 aliphatic carbocycles. The van der Waals surface area contributed by atoms with Gasteiger partial charge in [-0.1, -0.05) is 23.2 Å². The number of halogens is 5. The normalized spacial score (nSPS) is 9.67. The second-order valence-corrected chi connectivity index (χ2v) is 7.37. The first kappa shape index (κ1) is 19.4. The Kier molecular flexibility index (Phi) is 8.71. The van der Waals surface area contributed by atoms with Gasteiger partial charge in [0.15, 0.2) is 0 Å². The molecule has 0 aliphatic rings. The maximum Gasteiger partial charge on any atom is 0.133 e. The molecule has 0 heterocycles. The minimum Gasteiger partial charge on any atom is -0.497 e. The third-order valence-electron chi connectivity index (χ3n) is 2.32. The number of benzene rings is 2. The van der Waals surface area contributed by atoms with Crippen LogP contribution in [0.1, 0.15) is 0 Å². The fourth-order valence-corrected chi connectivity index (χ4v) is 3.10. The van der Waals surface area contributed by atoms with Gasteiger partial charge in [0.25, 0.3) is 0 Å². The first-order valence-electron chi connectivity index (χ1n) is 5.56. The van der Waals surface area contributed by atoms with Crippen molar-refractivity contribution in [2.45, 2.75) is 0 Å². The molecule has 0 amide bonds. The zero-order valence-corrected chi connectivity index (χ0v) is 17.9. The molecule has 0 fully saturated rings. The van der Waals surface area contributed by atoms with Crippen molar-refractivity contribution in [3.63, 3.8) is 0 Å². The van der Waals surface area contributed by atoms with Gasteiger partial charge >= 0.3 is 0 Å². The molecule has 0 aliphatic heterocycles. The highest BCUT2D eigenvalue weighted by atomic mass is 127. The topological polar surface area (TPSA) is 18.5 Å². The van der Waals surface area contributed by atoms with Gasteiger partial charge in [0, 0.05) is 8.95 Å². The average molecular weight is 569 g/mol. The standard InChI is InChI=1S/C7H5BrClIO.C7H6BrClO/c1-11-7-2-4(8)5(9)3-6(7)10;1-10-5-2-3-7(9)6(8)4-5/h2-3H,1H3;2-4H,1H3. The van der Waals surface area contributed by atoms with E-state index in [-0.39, 0.29) is 0 Å². The third kappa shape index (κ3) is 6.14. The molecular formula is C14H11Br2Cl2IO2. The molecule has 0 N–H and O–H groups in total. The van der Waals surface area contributed by atoms with E-state index < -0.39 is 0 Å². The second-order valence-electron chi connectivity index (χ2n) is 3.68. The van der Waals surface area contributed by atoms with E-state index in [1.54, 1.807) is 20.3 Å². The van der Waals surface area contributed by atoms with Crippen LogP contribution < -0.4 is 9.47 Å². The first-order chi connectivity index (χ1) is 9.88. The lowest BCUT2D eigenvalue weighted by molar-refractivity contribution is 0.411. The Morgan fingerprint density at radius 1 is 0.905 bits per heavy atom. The largest absolute Gasteiger partial charge is 0.497 e. The molecule has 2 aromatic carbocycles. The minimum atomic E-state index is 0.695. The lowest BCUT2D eigenvalue weighted by atomic mass is 10.3. The summed E-state index contributed by atoms with van der Waals surface area (Å²) in [5, 5.41) is 1.40. The summed E-state index contributed by atoms with van der Waals surface area (Å²) in [6.45, 7) is 0. The molecule has 0 atom stereocenters. The fourth-order valence-electron chi connectivity index (χ4n) is 1.26. The van der Waals surface area contributed by atoms with E-state index in [0.29, 0.717) is 10.0 Å². The van der Waals surface area contributed by atoms with Gasteiger partial charge in [-0.05, 0) is 84.8 Å². The number of hydrogen-bond acceptors (Lipinski definition) is 2. The summed E-state index contributed by atoms with van der Waals surface area (Å²) in [4.78, 5) is 0. The first-order valence-corrected chi connectivity index (χ1v) is 8.98. The number of rotatable bonds is 2. The van der Waals surface area contributed by atoms with E-state index in [1.807, 2.05) is 24.3 Å². The summed E-state index contributed by atoms with van der Waals surface area (Å²) < 4.78 is 12.8. The van der Waals surface area contributed by atoms with Crippen molar-refractivity contribution < 1.29 is 9.47 Å². The summed E-state index contributed by atoms with van der Waals surface area (Å²) in [5.41, 5.74) is 0. The smallest absolute Gasteiger partial charge is 0.133 e. The van der Waals surface area contributed by atoms with Crippen LogP contribution in [0.15, 0.2) is 39.3 Å². The molecule has 114 valence electrons. The number of ether oxygens (including phenoxy) is 2. The monoisotopic (exact) mass is 566 g/mol. The van der Waals surface area contributed by atoms with Gasteiger partial charge in [0.1, 0.15) is 11.5 Å². The Hall–Kier alpha value is 0.310. The van der Waals surface area contributed by atoms with Crippen molar-refractivity contribution in [1.82, 2.24) is 0 Å². The van der Waals surface area contributed by atoms with Crippen LogP contribution in [0.25, 0.3) is 0 Å². The van der Waals surface area contributed by atoms with Crippen molar-refractivity contribution in [3.8, 4) is 11.5 Å². The molecule has 7 heteroatoms. The zero-order valence-electron chi connectivity index (χ0n) is 11.1. The zero-order chi connectivity index (χ0) is 16.0. The van der Waals surface area contributed by atoms with Crippen LogP contribution in [-0.2, 0) is 0 Å². The van der Waals surface area contributed by atoms with Crippen molar-refractivity contribution in [2.24, 2.45) is 0 Å². The van der Waals surface area contributed by atoms with Crippen LogP contribution >= 0.6 is 77.7 Å². The highest BCUT2D eigenvalue weighted by Gasteiger charge is 2.03. The van der Waals surface area contributed by atoms with Crippen molar-refractivity contribution in [1.29, 1.82) is 0 Å². The van der Waals surface area contributed by atoms with Gasteiger partial charge in [-0.3, -0.25) is 0 Å². The number of hydrogen-bond donors (Lipinski definition) is 0. The molecule has 2 aromatic rings. The van der Waals surface area contributed by atoms with E-state index in [9.17, 15) is 0 Å². The molecule has 21 heavy (non-hydrogen) atoms. The van der Waals surface area contributed by atoms with Gasteiger partial charge in [0.05, 0.1) is 27.8 Å². The molecule has 0 unspecified atom stereocenters. The Balaban J connectivity index is 0.000000211. The van der Waals surface area contributed by atoms with E-state index in [1.165, 1.54) is 0 Å². The Labute approximate surface area is 164 Å². The molecule has 0 saturated carbocycles. The van der Waals surface area contributed by atoms with Gasteiger partial charge in [-0.2, -0.15) is 0 Å². The summed E-state index contributed by atoms with van der Waals surface area (Å²) in [7, 11) is 3.26. The van der Waals surface area contributed by atoms with Gasteiger partial charge in [-0.15, -0.1) is 0 Å². The predicted octanol–water partition coefficient (Wildman–Crippen LogP) is 6.83. The Bertz CT molecular complexity index is 624. The molecule has 2 nitrogen and oxygen atoms in total. The molecule has 0 bridgehead atoms. The van der Waals surface area contributed by atoms with Gasteiger partial charge in [-0.25, -0.2) is 0 Å². The Morgan fingerprint density at radius 3 is 2.05 bits per heavy atom. The molecule has 2 rings (SSSR count). The van der Waals surface area contributed by atoms with E-state index in [0.717, 1.165) is 24.0 Å². The highest BCUT2D eigenvalue weighted by molar-refractivity contribution is 14.1. The lowest BCUT2D eigenvalue weighted by Gasteiger charge is -2.04. The van der Waals surface area contributed by atoms with E-state index >= 15 is 0 Å². The van der Waals surface area contributed by atoms with E-state index in [2.05, 4.69) is 54.5 Å². The average Bonchev–Trinajstić information content (AvgIpc) is 2.46. The van der Waals surface area contributed by atoms with E-state index in [4.69, 9.17) is 32.7 Å². The van der Waals surface area contributed by atoms with Crippen LogP contribution in [0.4, 0.5) is 0 Å². The predicted molar refractivity (Wildman–Crippen MR) is 104 cm³/mol. The summed E-state index contributed by atoms with van der Waals surface area (Å²) in [6, 6.07) is 9.12. The van der Waals surface area contributed by atoms with Gasteiger partial charge < -0.3 is 9.47 Å². The molecule has 0 aromatic heterocycles. The summed E-state index contributed by atoms with van der Waals surface area (Å²) >= 11 is 20.3. The van der Waals surface area contributed by atoms with Crippen LogP contribution in [0.5, 0.6) is 11.5 Å².